The molecule has 21 heavy (non-hydrogen) atoms. The van der Waals surface area contributed by atoms with E-state index >= 15 is 0 Å². The normalized spacial score (nSPS) is 14.0. The molecule has 0 aliphatic rings. The number of halogens is 4. The van der Waals surface area contributed by atoms with Gasteiger partial charge in [0.25, 0.3) is 0 Å². The molecule has 0 bridgehead atoms. The maximum Gasteiger partial charge on any atom is 0.143 e. The summed E-state index contributed by atoms with van der Waals surface area (Å²) < 4.78 is 27.9. The molecule has 0 saturated heterocycles. The van der Waals surface area contributed by atoms with E-state index in [0.29, 0.717) is 5.02 Å². The van der Waals surface area contributed by atoms with Crippen molar-refractivity contribution < 1.29 is 13.9 Å². The third-order valence-electron chi connectivity index (χ3n) is 3.19. The standard InChI is InChI=1S/C16H14BrClF2O/c1-16(21,8-10-2-4-11(18)5-3-10)9-12-14(19)7-6-13(17)15(12)20/h2-7,21H,8-9H2,1H3. The minimum absolute atomic E-state index is 0.118. The van der Waals surface area contributed by atoms with Gasteiger partial charge in [-0.2, -0.15) is 0 Å². The zero-order valence-corrected chi connectivity index (χ0v) is 13.7. The molecular formula is C16H14BrClF2O. The Balaban J connectivity index is 2.21. The molecule has 0 aliphatic heterocycles. The van der Waals surface area contributed by atoms with Crippen molar-refractivity contribution >= 4 is 27.5 Å². The molecule has 2 rings (SSSR count). The Morgan fingerprint density at radius 1 is 1.10 bits per heavy atom. The summed E-state index contributed by atoms with van der Waals surface area (Å²) in [5.41, 5.74) is -0.542. The smallest absolute Gasteiger partial charge is 0.143 e. The Morgan fingerprint density at radius 3 is 2.33 bits per heavy atom. The van der Waals surface area contributed by atoms with Gasteiger partial charge in [-0.05, 0) is 52.7 Å². The molecule has 0 amide bonds. The Morgan fingerprint density at radius 2 is 1.71 bits per heavy atom. The van der Waals surface area contributed by atoms with Crippen molar-refractivity contribution in [3.63, 3.8) is 0 Å². The van der Waals surface area contributed by atoms with E-state index < -0.39 is 17.2 Å². The van der Waals surface area contributed by atoms with Gasteiger partial charge < -0.3 is 5.11 Å². The quantitative estimate of drug-likeness (QED) is 0.752. The molecule has 1 atom stereocenters. The van der Waals surface area contributed by atoms with Gasteiger partial charge in [-0.3, -0.25) is 0 Å². The molecular weight excluding hydrogens is 362 g/mol. The second-order valence-corrected chi connectivity index (χ2v) is 6.59. The number of hydrogen-bond donors (Lipinski definition) is 1. The fourth-order valence-corrected chi connectivity index (χ4v) is 2.71. The van der Waals surface area contributed by atoms with Crippen LogP contribution in [0.3, 0.4) is 0 Å². The van der Waals surface area contributed by atoms with Gasteiger partial charge in [0, 0.05) is 23.4 Å². The molecule has 2 aromatic rings. The highest BCUT2D eigenvalue weighted by Crippen LogP contribution is 2.27. The van der Waals surface area contributed by atoms with Crippen LogP contribution < -0.4 is 0 Å². The molecule has 5 heteroatoms. The lowest BCUT2D eigenvalue weighted by Gasteiger charge is -2.24. The van der Waals surface area contributed by atoms with E-state index in [1.165, 1.54) is 12.1 Å². The van der Waals surface area contributed by atoms with Crippen molar-refractivity contribution in [3.05, 3.63) is 68.7 Å². The van der Waals surface area contributed by atoms with Crippen molar-refractivity contribution in [2.24, 2.45) is 0 Å². The Bertz CT molecular complexity index is 641. The predicted octanol–water partition coefficient (Wildman–Crippen LogP) is 4.92. The fraction of sp³-hybridized carbons (Fsp3) is 0.250. The van der Waals surface area contributed by atoms with Gasteiger partial charge in [-0.1, -0.05) is 23.7 Å². The van der Waals surface area contributed by atoms with Crippen molar-refractivity contribution in [1.29, 1.82) is 0 Å². The molecule has 1 unspecified atom stereocenters. The Hall–Kier alpha value is -0.970. The van der Waals surface area contributed by atoms with Crippen LogP contribution in [0.4, 0.5) is 8.78 Å². The zero-order chi connectivity index (χ0) is 15.6. The van der Waals surface area contributed by atoms with Crippen LogP contribution in [0.2, 0.25) is 5.02 Å². The van der Waals surface area contributed by atoms with Gasteiger partial charge in [0.2, 0.25) is 0 Å². The maximum absolute atomic E-state index is 14.0. The summed E-state index contributed by atoms with van der Waals surface area (Å²) in [5, 5.41) is 11.0. The van der Waals surface area contributed by atoms with Gasteiger partial charge in [0.05, 0.1) is 10.1 Å². The van der Waals surface area contributed by atoms with Gasteiger partial charge in [-0.25, -0.2) is 8.78 Å². The molecule has 0 aliphatic carbocycles. The second kappa shape index (κ2) is 6.42. The summed E-state index contributed by atoms with van der Waals surface area (Å²) in [6.45, 7) is 1.56. The first-order chi connectivity index (χ1) is 9.78. The van der Waals surface area contributed by atoms with E-state index in [9.17, 15) is 13.9 Å². The lowest BCUT2D eigenvalue weighted by Crippen LogP contribution is -2.31. The van der Waals surface area contributed by atoms with Crippen molar-refractivity contribution in [3.8, 4) is 0 Å². The lowest BCUT2D eigenvalue weighted by atomic mass is 9.89. The van der Waals surface area contributed by atoms with Crippen LogP contribution in [0.25, 0.3) is 0 Å². The van der Waals surface area contributed by atoms with Crippen LogP contribution >= 0.6 is 27.5 Å². The molecule has 112 valence electrons. The Kier molecular flexibility index (Phi) is 5.02. The highest BCUT2D eigenvalue weighted by atomic mass is 79.9. The Labute approximate surface area is 135 Å². The van der Waals surface area contributed by atoms with E-state index in [4.69, 9.17) is 11.6 Å². The molecule has 0 aromatic heterocycles. The second-order valence-electron chi connectivity index (χ2n) is 5.30. The summed E-state index contributed by atoms with van der Waals surface area (Å²) in [6.07, 6.45) is 0.155. The highest BCUT2D eigenvalue weighted by molar-refractivity contribution is 9.10. The summed E-state index contributed by atoms with van der Waals surface area (Å²) in [4.78, 5) is 0. The summed E-state index contributed by atoms with van der Waals surface area (Å²) in [7, 11) is 0. The van der Waals surface area contributed by atoms with Crippen molar-refractivity contribution in [2.75, 3.05) is 0 Å². The van der Waals surface area contributed by atoms with Gasteiger partial charge in [0.15, 0.2) is 0 Å². The van der Waals surface area contributed by atoms with Crippen LogP contribution in [0, 0.1) is 11.6 Å². The SMILES string of the molecule is CC(O)(Cc1ccc(Cl)cc1)Cc1c(F)ccc(Br)c1F. The molecule has 1 nitrogen and oxygen atoms in total. The molecule has 0 radical (unpaired) electrons. The van der Waals surface area contributed by atoms with Crippen molar-refractivity contribution in [1.82, 2.24) is 0 Å². The average Bonchev–Trinajstić information content (AvgIpc) is 2.42. The minimum atomic E-state index is -1.27. The highest BCUT2D eigenvalue weighted by Gasteiger charge is 2.26. The summed E-state index contributed by atoms with van der Waals surface area (Å²) in [6, 6.07) is 9.48. The maximum atomic E-state index is 14.0. The first kappa shape index (κ1) is 16.4. The lowest BCUT2D eigenvalue weighted by molar-refractivity contribution is 0.0589. The van der Waals surface area contributed by atoms with Gasteiger partial charge >= 0.3 is 0 Å². The van der Waals surface area contributed by atoms with Crippen LogP contribution in [0.1, 0.15) is 18.1 Å². The van der Waals surface area contributed by atoms with E-state index in [-0.39, 0.29) is 22.9 Å². The first-order valence-corrected chi connectivity index (χ1v) is 7.55. The summed E-state index contributed by atoms with van der Waals surface area (Å²) >= 11 is 8.83. The molecule has 0 saturated carbocycles. The van der Waals surface area contributed by atoms with E-state index in [2.05, 4.69) is 15.9 Å². The number of benzene rings is 2. The minimum Gasteiger partial charge on any atom is -0.389 e. The molecule has 2 aromatic carbocycles. The monoisotopic (exact) mass is 374 g/mol. The van der Waals surface area contributed by atoms with E-state index in [0.717, 1.165) is 5.56 Å². The number of rotatable bonds is 4. The van der Waals surface area contributed by atoms with Crippen LogP contribution in [-0.2, 0) is 12.8 Å². The van der Waals surface area contributed by atoms with Gasteiger partial charge in [0.1, 0.15) is 11.6 Å². The third kappa shape index (κ3) is 4.25. The van der Waals surface area contributed by atoms with Gasteiger partial charge in [-0.15, -0.1) is 0 Å². The van der Waals surface area contributed by atoms with Crippen LogP contribution in [0.15, 0.2) is 40.9 Å². The zero-order valence-electron chi connectivity index (χ0n) is 11.3. The molecule has 0 spiro atoms. The number of hydrogen-bond acceptors (Lipinski definition) is 1. The summed E-state index contributed by atoms with van der Waals surface area (Å²) in [5.74, 6) is -1.33. The average molecular weight is 376 g/mol. The van der Waals surface area contributed by atoms with Crippen molar-refractivity contribution in [2.45, 2.75) is 25.4 Å². The largest absolute Gasteiger partial charge is 0.389 e. The molecule has 0 heterocycles. The molecule has 0 fully saturated rings. The fourth-order valence-electron chi connectivity index (χ4n) is 2.22. The third-order valence-corrected chi connectivity index (χ3v) is 4.06. The predicted molar refractivity (Wildman–Crippen MR) is 83.5 cm³/mol. The first-order valence-electron chi connectivity index (χ1n) is 6.38. The van der Waals surface area contributed by atoms with E-state index in [1.54, 1.807) is 31.2 Å². The van der Waals surface area contributed by atoms with E-state index in [1.807, 2.05) is 0 Å². The van der Waals surface area contributed by atoms with Crippen LogP contribution in [0.5, 0.6) is 0 Å². The topological polar surface area (TPSA) is 20.2 Å². The number of aliphatic hydroxyl groups is 1. The van der Waals surface area contributed by atoms with Crippen LogP contribution in [-0.4, -0.2) is 10.7 Å². The molecule has 1 N–H and O–H groups in total.